The van der Waals surface area contributed by atoms with Crippen LogP contribution >= 0.6 is 0 Å². The highest BCUT2D eigenvalue weighted by Crippen LogP contribution is 2.30. The minimum Gasteiger partial charge on any atom is -0.497 e. The summed E-state index contributed by atoms with van der Waals surface area (Å²) in [5, 5.41) is 4.86. The van der Waals surface area contributed by atoms with Crippen molar-refractivity contribution in [3.05, 3.63) is 42.0 Å². The molecule has 2 aromatic rings. The van der Waals surface area contributed by atoms with Crippen molar-refractivity contribution in [1.29, 1.82) is 0 Å². The molecule has 0 heterocycles. The lowest BCUT2D eigenvalue weighted by Gasteiger charge is -2.25. The predicted octanol–water partition coefficient (Wildman–Crippen LogP) is 3.02. The van der Waals surface area contributed by atoms with E-state index in [0.29, 0.717) is 0 Å². The van der Waals surface area contributed by atoms with Crippen LogP contribution in [0.25, 0.3) is 10.8 Å². The van der Waals surface area contributed by atoms with Gasteiger partial charge in [0.05, 0.1) is 20.1 Å². The number of carbonyl (C=O) groups excluding carboxylic acids is 2. The third-order valence-electron chi connectivity index (χ3n) is 4.94. The van der Waals surface area contributed by atoms with Crippen LogP contribution in [0, 0.1) is 5.92 Å². The average Bonchev–Trinajstić information content (AvgIpc) is 2.59. The van der Waals surface area contributed by atoms with Crippen molar-refractivity contribution in [3.63, 3.8) is 0 Å². The summed E-state index contributed by atoms with van der Waals surface area (Å²) in [6.07, 6.45) is 2.96. The van der Waals surface area contributed by atoms with Crippen molar-refractivity contribution < 1.29 is 19.1 Å². The summed E-state index contributed by atoms with van der Waals surface area (Å²) in [5.74, 6) is -0.0694. The Labute approximate surface area is 147 Å². The molecule has 5 heteroatoms. The highest BCUT2D eigenvalue weighted by atomic mass is 16.5. The average molecular weight is 341 g/mol. The summed E-state index contributed by atoms with van der Waals surface area (Å²) in [6.45, 7) is 0.234. The number of methoxy groups -OCH3 is 2. The predicted molar refractivity (Wildman–Crippen MR) is 95.6 cm³/mol. The van der Waals surface area contributed by atoms with Gasteiger partial charge in [-0.15, -0.1) is 0 Å². The molecule has 0 aliphatic heterocycles. The number of amides is 1. The Morgan fingerprint density at radius 2 is 2.00 bits per heavy atom. The molecule has 1 amide bonds. The van der Waals surface area contributed by atoms with Gasteiger partial charge in [0.25, 0.3) is 0 Å². The van der Waals surface area contributed by atoms with Gasteiger partial charge in [0, 0.05) is 12.5 Å². The molecule has 0 radical (unpaired) electrons. The number of carbonyl (C=O) groups is 2. The van der Waals surface area contributed by atoms with Crippen molar-refractivity contribution in [3.8, 4) is 5.75 Å². The van der Waals surface area contributed by atoms with E-state index in [4.69, 9.17) is 9.47 Å². The Kier molecular flexibility index (Phi) is 5.22. The molecule has 1 aliphatic carbocycles. The van der Waals surface area contributed by atoms with Gasteiger partial charge in [-0.1, -0.05) is 30.7 Å². The van der Waals surface area contributed by atoms with E-state index in [0.717, 1.165) is 41.3 Å². The summed E-state index contributed by atoms with van der Waals surface area (Å²) in [7, 11) is 2.98. The highest BCUT2D eigenvalue weighted by molar-refractivity contribution is 5.92. The summed E-state index contributed by atoms with van der Waals surface area (Å²) >= 11 is 0. The molecule has 5 nitrogen and oxygen atoms in total. The first kappa shape index (κ1) is 17.3. The Bertz CT molecular complexity index is 782. The lowest BCUT2D eigenvalue weighted by atomic mass is 9.84. The summed E-state index contributed by atoms with van der Waals surface area (Å²) < 4.78 is 10.3. The molecule has 3 rings (SSSR count). The van der Waals surface area contributed by atoms with E-state index >= 15 is 0 Å². The third kappa shape index (κ3) is 3.60. The topological polar surface area (TPSA) is 64.6 Å². The molecule has 1 aliphatic rings. The fraction of sp³-hybridized carbons (Fsp3) is 0.400. The molecule has 1 fully saturated rings. The minimum atomic E-state index is -0.551. The van der Waals surface area contributed by atoms with Gasteiger partial charge in [-0.2, -0.15) is 0 Å². The zero-order valence-corrected chi connectivity index (χ0v) is 14.6. The first-order valence-corrected chi connectivity index (χ1v) is 8.56. The highest BCUT2D eigenvalue weighted by Gasteiger charge is 2.28. The second-order valence-corrected chi connectivity index (χ2v) is 6.38. The zero-order valence-electron chi connectivity index (χ0n) is 14.6. The Hall–Kier alpha value is -2.56. The molecule has 0 bridgehead atoms. The SMILES string of the molecule is COC(=O)C(CNC(=O)C1CCC1)c1cccc2ccc(OC)cc12. The van der Waals surface area contributed by atoms with Crippen molar-refractivity contribution >= 4 is 22.6 Å². The number of hydrogen-bond donors (Lipinski definition) is 1. The van der Waals surface area contributed by atoms with Crippen LogP contribution in [-0.2, 0) is 14.3 Å². The van der Waals surface area contributed by atoms with Crippen molar-refractivity contribution in [1.82, 2.24) is 5.32 Å². The Morgan fingerprint density at radius 3 is 2.64 bits per heavy atom. The Balaban J connectivity index is 1.91. The molecule has 1 saturated carbocycles. The monoisotopic (exact) mass is 341 g/mol. The molecule has 0 saturated heterocycles. The maximum atomic E-state index is 12.4. The largest absolute Gasteiger partial charge is 0.497 e. The first-order valence-electron chi connectivity index (χ1n) is 8.56. The van der Waals surface area contributed by atoms with E-state index in [1.165, 1.54) is 7.11 Å². The van der Waals surface area contributed by atoms with Crippen LogP contribution in [0.4, 0.5) is 0 Å². The van der Waals surface area contributed by atoms with Gasteiger partial charge >= 0.3 is 5.97 Å². The van der Waals surface area contributed by atoms with Crippen molar-refractivity contribution in [2.24, 2.45) is 5.92 Å². The van der Waals surface area contributed by atoms with Crippen molar-refractivity contribution in [2.75, 3.05) is 20.8 Å². The van der Waals surface area contributed by atoms with Gasteiger partial charge in [0.2, 0.25) is 5.91 Å². The molecule has 132 valence electrons. The van der Waals surface area contributed by atoms with Gasteiger partial charge in [0.15, 0.2) is 0 Å². The van der Waals surface area contributed by atoms with Crippen molar-refractivity contribution in [2.45, 2.75) is 25.2 Å². The summed E-state index contributed by atoms with van der Waals surface area (Å²) in [6, 6.07) is 11.6. The van der Waals surface area contributed by atoms with E-state index < -0.39 is 5.92 Å². The van der Waals surface area contributed by atoms with Gasteiger partial charge < -0.3 is 14.8 Å². The molecule has 0 aromatic heterocycles. The van der Waals surface area contributed by atoms with Crippen LogP contribution < -0.4 is 10.1 Å². The van der Waals surface area contributed by atoms with E-state index in [9.17, 15) is 9.59 Å². The fourth-order valence-corrected chi connectivity index (χ4v) is 3.19. The second kappa shape index (κ2) is 7.55. The number of esters is 1. The Morgan fingerprint density at radius 1 is 1.20 bits per heavy atom. The maximum absolute atomic E-state index is 12.4. The number of nitrogens with one attached hydrogen (secondary N) is 1. The van der Waals surface area contributed by atoms with E-state index in [2.05, 4.69) is 5.32 Å². The number of fused-ring (bicyclic) bond motifs is 1. The number of benzene rings is 2. The standard InChI is InChI=1S/C20H23NO4/c1-24-15-10-9-13-5-4-8-16(17(13)11-15)18(20(23)25-2)12-21-19(22)14-6-3-7-14/h4-5,8-11,14,18H,3,6-7,12H2,1-2H3,(H,21,22). The molecule has 1 N–H and O–H groups in total. The normalized spacial score (nSPS) is 15.3. The fourth-order valence-electron chi connectivity index (χ4n) is 3.19. The quantitative estimate of drug-likeness (QED) is 0.820. The van der Waals surface area contributed by atoms with Gasteiger partial charge in [0.1, 0.15) is 5.75 Å². The van der Waals surface area contributed by atoms with Gasteiger partial charge in [-0.3, -0.25) is 9.59 Å². The third-order valence-corrected chi connectivity index (χ3v) is 4.94. The molecule has 1 atom stereocenters. The molecule has 25 heavy (non-hydrogen) atoms. The molecule has 0 spiro atoms. The number of rotatable bonds is 6. The lowest BCUT2D eigenvalue weighted by molar-refractivity contribution is -0.142. The number of hydrogen-bond acceptors (Lipinski definition) is 4. The van der Waals surface area contributed by atoms with E-state index in [1.807, 2.05) is 36.4 Å². The minimum absolute atomic E-state index is 0.0259. The maximum Gasteiger partial charge on any atom is 0.314 e. The number of ether oxygens (including phenoxy) is 2. The summed E-state index contributed by atoms with van der Waals surface area (Å²) in [5.41, 5.74) is 0.831. The molecule has 1 unspecified atom stereocenters. The lowest BCUT2D eigenvalue weighted by Crippen LogP contribution is -2.38. The smallest absolute Gasteiger partial charge is 0.314 e. The van der Waals surface area contributed by atoms with Crippen LogP contribution in [0.15, 0.2) is 36.4 Å². The van der Waals surface area contributed by atoms with Crippen LogP contribution in [0.3, 0.4) is 0 Å². The van der Waals surface area contributed by atoms with Gasteiger partial charge in [-0.05, 0) is 41.3 Å². The van der Waals surface area contributed by atoms with Crippen LogP contribution in [-0.4, -0.2) is 32.6 Å². The van der Waals surface area contributed by atoms with Crippen LogP contribution in [0.2, 0.25) is 0 Å². The molecular weight excluding hydrogens is 318 g/mol. The van der Waals surface area contributed by atoms with Gasteiger partial charge in [-0.25, -0.2) is 0 Å². The van der Waals surface area contributed by atoms with Crippen LogP contribution in [0.1, 0.15) is 30.7 Å². The molecular formula is C20H23NO4. The van der Waals surface area contributed by atoms with E-state index in [1.54, 1.807) is 7.11 Å². The molecule has 2 aromatic carbocycles. The summed E-state index contributed by atoms with van der Waals surface area (Å²) in [4.78, 5) is 24.5. The first-order chi connectivity index (χ1) is 12.1. The second-order valence-electron chi connectivity index (χ2n) is 6.38. The zero-order chi connectivity index (χ0) is 17.8. The van der Waals surface area contributed by atoms with Crippen LogP contribution in [0.5, 0.6) is 5.75 Å². The van der Waals surface area contributed by atoms with E-state index in [-0.39, 0.29) is 24.3 Å².